The van der Waals surface area contributed by atoms with Gasteiger partial charge >= 0.3 is 12.1 Å². The fraction of sp³-hybridized carbons (Fsp3) is 0.433. The number of halogens is 3. The second kappa shape index (κ2) is 11.3. The van der Waals surface area contributed by atoms with Crippen LogP contribution in [0.1, 0.15) is 68.7 Å². The highest BCUT2D eigenvalue weighted by molar-refractivity contribution is 5.87. The molecule has 0 saturated carbocycles. The third-order valence-corrected chi connectivity index (χ3v) is 6.96. The molecule has 224 valence electrons. The maximum Gasteiger partial charge on any atom is 0.435 e. The van der Waals surface area contributed by atoms with E-state index in [9.17, 15) is 18.0 Å². The predicted octanol–water partition coefficient (Wildman–Crippen LogP) is 6.27. The van der Waals surface area contributed by atoms with Crippen molar-refractivity contribution in [2.75, 3.05) is 7.11 Å². The smallest absolute Gasteiger partial charge is 0.435 e. The molecule has 3 heterocycles. The highest BCUT2D eigenvalue weighted by Crippen LogP contribution is 2.43. The number of nitrogens with zero attached hydrogens (tertiary/aromatic N) is 3. The molecule has 2 aromatic heterocycles. The van der Waals surface area contributed by atoms with E-state index in [-0.39, 0.29) is 36.5 Å². The summed E-state index contributed by atoms with van der Waals surface area (Å²) in [6.07, 6.45) is -3.03. The SMILES string of the molecule is C=C(CC(C)OC1CCCc2c(C(F)(F)F)nn(-c3ccnc(OCc4ccc5c(c4)OC(C)(C)O5)c3)c21)C(=O)OC. The number of hydrogen-bond acceptors (Lipinski definition) is 8. The molecule has 1 aliphatic carbocycles. The van der Waals surface area contributed by atoms with Crippen LogP contribution in [0.3, 0.4) is 0 Å². The first kappa shape index (κ1) is 29.4. The Labute approximate surface area is 241 Å². The summed E-state index contributed by atoms with van der Waals surface area (Å²) in [5.41, 5.74) is 0.836. The molecule has 0 bridgehead atoms. The zero-order valence-electron chi connectivity index (χ0n) is 23.8. The number of hydrogen-bond donors (Lipinski definition) is 0. The number of rotatable bonds is 9. The quantitative estimate of drug-likeness (QED) is 0.214. The molecule has 0 radical (unpaired) electrons. The first-order valence-electron chi connectivity index (χ1n) is 13.6. The number of methoxy groups -OCH3 is 1. The van der Waals surface area contributed by atoms with Gasteiger partial charge in [-0.25, -0.2) is 14.5 Å². The molecular weight excluding hydrogens is 555 g/mol. The lowest BCUT2D eigenvalue weighted by Crippen LogP contribution is -2.29. The summed E-state index contributed by atoms with van der Waals surface area (Å²) >= 11 is 0. The Morgan fingerprint density at radius 1 is 1.21 bits per heavy atom. The van der Waals surface area contributed by atoms with Gasteiger partial charge in [-0.1, -0.05) is 12.6 Å². The van der Waals surface area contributed by atoms with Crippen LogP contribution in [-0.4, -0.2) is 39.7 Å². The first-order valence-corrected chi connectivity index (χ1v) is 13.6. The molecule has 9 nitrogen and oxygen atoms in total. The van der Waals surface area contributed by atoms with Crippen LogP contribution in [0, 0.1) is 0 Å². The van der Waals surface area contributed by atoms with Gasteiger partial charge in [0.15, 0.2) is 17.2 Å². The Balaban J connectivity index is 1.40. The van der Waals surface area contributed by atoms with E-state index in [1.54, 1.807) is 19.1 Å². The van der Waals surface area contributed by atoms with Crippen molar-refractivity contribution in [3.63, 3.8) is 0 Å². The Kier molecular flexibility index (Phi) is 7.93. The van der Waals surface area contributed by atoms with Crippen molar-refractivity contribution >= 4 is 5.97 Å². The topological polar surface area (TPSA) is 93.9 Å². The average Bonchev–Trinajstić information content (AvgIpc) is 3.48. The van der Waals surface area contributed by atoms with E-state index in [0.717, 1.165) is 5.56 Å². The standard InChI is InChI=1S/C30H32F3N3O6/c1-17(28(37)38-5)13-18(2)40-23-8-6-7-21-26(23)36(35-27(21)30(31,32)33)20-11-12-34-25(15-20)39-16-19-9-10-22-24(14-19)42-29(3,4)41-22/h9-12,14-15,18,23H,1,6-8,13,16H2,2-5H3. The highest BCUT2D eigenvalue weighted by atomic mass is 19.4. The highest BCUT2D eigenvalue weighted by Gasteiger charge is 2.42. The number of pyridine rings is 1. The second-order valence-electron chi connectivity index (χ2n) is 10.8. The molecule has 0 fully saturated rings. The van der Waals surface area contributed by atoms with E-state index in [1.807, 2.05) is 26.0 Å². The van der Waals surface area contributed by atoms with Gasteiger partial charge in [-0.15, -0.1) is 0 Å². The number of carbonyl (C=O) groups excluding carboxylic acids is 1. The minimum atomic E-state index is -4.65. The van der Waals surface area contributed by atoms with Crippen molar-refractivity contribution in [1.82, 2.24) is 14.8 Å². The van der Waals surface area contributed by atoms with E-state index in [1.165, 1.54) is 24.1 Å². The van der Waals surface area contributed by atoms with Crippen LogP contribution in [0.15, 0.2) is 48.7 Å². The molecule has 0 amide bonds. The molecule has 0 saturated heterocycles. The Morgan fingerprint density at radius 2 is 1.98 bits per heavy atom. The third-order valence-electron chi connectivity index (χ3n) is 6.96. The lowest BCUT2D eigenvalue weighted by atomic mass is 9.92. The summed E-state index contributed by atoms with van der Waals surface area (Å²) in [5, 5.41) is 4.01. The van der Waals surface area contributed by atoms with Crippen molar-refractivity contribution in [1.29, 1.82) is 0 Å². The van der Waals surface area contributed by atoms with Crippen LogP contribution in [0.4, 0.5) is 13.2 Å². The average molecular weight is 588 g/mol. The van der Waals surface area contributed by atoms with Crippen LogP contribution in [0.25, 0.3) is 5.69 Å². The number of ether oxygens (including phenoxy) is 5. The van der Waals surface area contributed by atoms with Gasteiger partial charge in [0.05, 0.1) is 24.6 Å². The predicted molar refractivity (Wildman–Crippen MR) is 144 cm³/mol. The molecule has 12 heteroatoms. The maximum atomic E-state index is 14.1. The summed E-state index contributed by atoms with van der Waals surface area (Å²) in [5.74, 6) is 0.117. The summed E-state index contributed by atoms with van der Waals surface area (Å²) in [6, 6.07) is 8.55. The molecule has 0 N–H and O–H groups in total. The van der Waals surface area contributed by atoms with Crippen molar-refractivity contribution in [2.45, 2.75) is 77.2 Å². The zero-order chi connectivity index (χ0) is 30.2. The van der Waals surface area contributed by atoms with Crippen molar-refractivity contribution in [2.24, 2.45) is 0 Å². The van der Waals surface area contributed by atoms with Crippen LogP contribution < -0.4 is 14.2 Å². The third kappa shape index (κ3) is 6.23. The Bertz CT molecular complexity index is 1500. The van der Waals surface area contributed by atoms with Crippen molar-refractivity contribution in [3.8, 4) is 23.1 Å². The molecule has 2 unspecified atom stereocenters. The summed E-state index contributed by atoms with van der Waals surface area (Å²) in [4.78, 5) is 16.0. The fourth-order valence-corrected chi connectivity index (χ4v) is 5.23. The molecule has 5 rings (SSSR count). The number of aromatic nitrogens is 3. The number of alkyl halides is 3. The van der Waals surface area contributed by atoms with E-state index in [2.05, 4.69) is 16.7 Å². The minimum absolute atomic E-state index is 0.0975. The number of fused-ring (bicyclic) bond motifs is 2. The lowest BCUT2D eigenvalue weighted by Gasteiger charge is -2.28. The van der Waals surface area contributed by atoms with Gasteiger partial charge in [-0.05, 0) is 49.9 Å². The molecule has 0 spiro atoms. The fourth-order valence-electron chi connectivity index (χ4n) is 5.23. The van der Waals surface area contributed by atoms with Crippen molar-refractivity contribution in [3.05, 3.63) is 71.2 Å². The molecule has 2 atom stereocenters. The Hall–Kier alpha value is -4.06. The largest absolute Gasteiger partial charge is 0.473 e. The summed E-state index contributed by atoms with van der Waals surface area (Å²) < 4.78 is 71.8. The van der Waals surface area contributed by atoms with Gasteiger partial charge < -0.3 is 23.7 Å². The van der Waals surface area contributed by atoms with Crippen LogP contribution in [-0.2, 0) is 33.5 Å². The van der Waals surface area contributed by atoms with E-state index < -0.39 is 35.8 Å². The molecule has 3 aromatic rings. The van der Waals surface area contributed by atoms with Crippen LogP contribution in [0.2, 0.25) is 0 Å². The van der Waals surface area contributed by atoms with Crippen molar-refractivity contribution < 1.29 is 41.7 Å². The summed E-state index contributed by atoms with van der Waals surface area (Å²) in [6.45, 7) is 9.23. The van der Waals surface area contributed by atoms with E-state index in [0.29, 0.717) is 35.7 Å². The van der Waals surface area contributed by atoms with E-state index >= 15 is 0 Å². The van der Waals surface area contributed by atoms with Gasteiger partial charge in [-0.3, -0.25) is 0 Å². The molecule has 1 aliphatic heterocycles. The normalized spacial score (nSPS) is 17.8. The number of esters is 1. The maximum absolute atomic E-state index is 14.1. The van der Waals surface area contributed by atoms with Gasteiger partial charge in [-0.2, -0.15) is 18.3 Å². The van der Waals surface area contributed by atoms with Gasteiger partial charge in [0.2, 0.25) is 11.7 Å². The van der Waals surface area contributed by atoms with Gasteiger partial charge in [0.1, 0.15) is 12.7 Å². The number of carbonyl (C=O) groups is 1. The van der Waals surface area contributed by atoms with Gasteiger partial charge in [0, 0.05) is 43.7 Å². The van der Waals surface area contributed by atoms with Crippen LogP contribution >= 0.6 is 0 Å². The number of benzene rings is 1. The summed E-state index contributed by atoms with van der Waals surface area (Å²) in [7, 11) is 1.26. The lowest BCUT2D eigenvalue weighted by molar-refractivity contribution is -0.142. The Morgan fingerprint density at radius 3 is 2.71 bits per heavy atom. The zero-order valence-corrected chi connectivity index (χ0v) is 23.8. The van der Waals surface area contributed by atoms with E-state index in [4.69, 9.17) is 23.7 Å². The monoisotopic (exact) mass is 587 g/mol. The molecular formula is C30H32F3N3O6. The molecule has 42 heavy (non-hydrogen) atoms. The van der Waals surface area contributed by atoms with Crippen LogP contribution in [0.5, 0.6) is 17.4 Å². The molecule has 2 aliphatic rings. The first-order chi connectivity index (χ1) is 19.8. The second-order valence-corrected chi connectivity index (χ2v) is 10.8. The molecule has 1 aromatic carbocycles. The minimum Gasteiger partial charge on any atom is -0.473 e. The van der Waals surface area contributed by atoms with Gasteiger partial charge in [0.25, 0.3) is 0 Å².